The molecular formula is C12H9F3N2O2S. The van der Waals surface area contributed by atoms with Crippen molar-refractivity contribution in [3.05, 3.63) is 40.3 Å². The lowest BCUT2D eigenvalue weighted by Gasteiger charge is -2.07. The summed E-state index contributed by atoms with van der Waals surface area (Å²) in [6.45, 7) is 1.45. The SMILES string of the molecule is Cc1c(-c2cccc(C(F)(F)F)c2)n[s+](N)c1C(=O)[O-]. The van der Waals surface area contributed by atoms with Crippen LogP contribution in [0.2, 0.25) is 0 Å². The fourth-order valence-corrected chi connectivity index (χ4v) is 2.94. The number of nitrogens with zero attached hydrogens (tertiary/aromatic N) is 1. The van der Waals surface area contributed by atoms with Gasteiger partial charge in [-0.1, -0.05) is 12.1 Å². The van der Waals surface area contributed by atoms with Crippen molar-refractivity contribution in [1.29, 1.82) is 0 Å². The quantitative estimate of drug-likeness (QED) is 0.859. The highest BCUT2D eigenvalue weighted by Crippen LogP contribution is 2.35. The molecule has 20 heavy (non-hydrogen) atoms. The molecule has 0 aliphatic heterocycles. The topological polar surface area (TPSA) is 79.0 Å². The number of carbonyl (C=O) groups excluding carboxylic acids is 1. The summed E-state index contributed by atoms with van der Waals surface area (Å²) in [4.78, 5) is 10.7. The van der Waals surface area contributed by atoms with E-state index in [9.17, 15) is 23.1 Å². The van der Waals surface area contributed by atoms with E-state index in [4.69, 9.17) is 5.14 Å². The van der Waals surface area contributed by atoms with Crippen molar-refractivity contribution >= 4 is 16.8 Å². The molecule has 1 heterocycles. The van der Waals surface area contributed by atoms with E-state index in [0.29, 0.717) is 0 Å². The largest absolute Gasteiger partial charge is 0.540 e. The van der Waals surface area contributed by atoms with Gasteiger partial charge in [-0.15, -0.1) is 5.14 Å². The maximum absolute atomic E-state index is 12.7. The first-order chi connectivity index (χ1) is 9.21. The fourth-order valence-electron chi connectivity index (χ4n) is 1.83. The van der Waals surface area contributed by atoms with E-state index in [1.165, 1.54) is 19.1 Å². The molecule has 0 amide bonds. The third kappa shape index (κ3) is 2.52. The predicted octanol–water partition coefficient (Wildman–Crippen LogP) is 1.90. The van der Waals surface area contributed by atoms with Gasteiger partial charge in [0.05, 0.1) is 5.56 Å². The molecule has 0 saturated carbocycles. The molecule has 0 bridgehead atoms. The number of nitrogen functional groups attached to an aromatic ring is 1. The van der Waals surface area contributed by atoms with Crippen LogP contribution in [-0.2, 0) is 6.18 Å². The Morgan fingerprint density at radius 1 is 1.40 bits per heavy atom. The van der Waals surface area contributed by atoms with Crippen LogP contribution in [0.1, 0.15) is 20.8 Å². The average molecular weight is 302 g/mol. The molecule has 4 nitrogen and oxygen atoms in total. The summed E-state index contributed by atoms with van der Waals surface area (Å²) in [5, 5.41) is 16.5. The second kappa shape index (κ2) is 4.88. The van der Waals surface area contributed by atoms with Crippen molar-refractivity contribution in [2.45, 2.75) is 13.1 Å². The highest BCUT2D eigenvalue weighted by atomic mass is 32.2. The monoisotopic (exact) mass is 302 g/mol. The summed E-state index contributed by atoms with van der Waals surface area (Å²) in [5.41, 5.74) is -0.267. The van der Waals surface area contributed by atoms with E-state index in [0.717, 1.165) is 12.1 Å². The van der Waals surface area contributed by atoms with Gasteiger partial charge in [0.25, 0.3) is 0 Å². The standard InChI is InChI=1S/C12H9F3N2O2S/c1-6-9(17-20(16)10(6)11(18)19)7-3-2-4-8(5-7)12(13,14)15/h2-5,16H,1H3,(H,18,19). The van der Waals surface area contributed by atoms with Gasteiger partial charge in [-0.05, 0) is 23.4 Å². The number of alkyl halides is 3. The molecule has 0 saturated heterocycles. The summed E-state index contributed by atoms with van der Waals surface area (Å²) in [5.74, 6) is -1.46. The Balaban J connectivity index is 2.58. The van der Waals surface area contributed by atoms with E-state index >= 15 is 0 Å². The van der Waals surface area contributed by atoms with Crippen molar-refractivity contribution in [1.82, 2.24) is 4.37 Å². The molecule has 2 aromatic rings. The summed E-state index contributed by atoms with van der Waals surface area (Å²) < 4.78 is 41.9. The van der Waals surface area contributed by atoms with Gasteiger partial charge in [0, 0.05) is 11.1 Å². The van der Waals surface area contributed by atoms with Gasteiger partial charge in [-0.2, -0.15) is 13.2 Å². The number of halogens is 3. The molecule has 1 aromatic heterocycles. The number of aromatic nitrogens is 1. The zero-order valence-corrected chi connectivity index (χ0v) is 11.0. The van der Waals surface area contributed by atoms with Gasteiger partial charge in [-0.25, -0.2) is 0 Å². The molecule has 0 radical (unpaired) electrons. The highest BCUT2D eigenvalue weighted by Gasteiger charge is 2.32. The van der Waals surface area contributed by atoms with Crippen molar-refractivity contribution in [2.24, 2.45) is 0 Å². The molecule has 1 unspecified atom stereocenters. The van der Waals surface area contributed by atoms with Crippen LogP contribution in [0.5, 0.6) is 0 Å². The molecule has 0 aliphatic carbocycles. The Bertz CT molecular complexity index is 680. The van der Waals surface area contributed by atoms with Gasteiger partial charge in [-0.3, -0.25) is 0 Å². The average Bonchev–Trinajstić information content (AvgIpc) is 2.64. The molecule has 2 N–H and O–H groups in total. The molecule has 2 rings (SSSR count). The van der Waals surface area contributed by atoms with Crippen LogP contribution in [0.25, 0.3) is 11.3 Å². The Morgan fingerprint density at radius 2 is 2.05 bits per heavy atom. The summed E-state index contributed by atoms with van der Waals surface area (Å²) in [6, 6.07) is 4.50. The number of carboxylic acids is 1. The third-order valence-corrected chi connectivity index (χ3v) is 4.01. The molecule has 106 valence electrons. The van der Waals surface area contributed by atoms with Crippen LogP contribution in [0, 0.1) is 6.92 Å². The predicted molar refractivity (Wildman–Crippen MR) is 66.4 cm³/mol. The lowest BCUT2D eigenvalue weighted by atomic mass is 10.0. The van der Waals surface area contributed by atoms with Gasteiger partial charge >= 0.3 is 6.18 Å². The maximum atomic E-state index is 12.7. The van der Waals surface area contributed by atoms with E-state index in [-0.39, 0.29) is 21.7 Å². The minimum absolute atomic E-state index is 0.154. The Morgan fingerprint density at radius 3 is 2.55 bits per heavy atom. The van der Waals surface area contributed by atoms with Crippen LogP contribution in [0.4, 0.5) is 13.2 Å². The Hall–Kier alpha value is -1.93. The summed E-state index contributed by atoms with van der Waals surface area (Å²) >= 11 is 0. The maximum Gasteiger partial charge on any atom is 0.416 e. The van der Waals surface area contributed by atoms with E-state index in [1.807, 2.05) is 0 Å². The van der Waals surface area contributed by atoms with Gasteiger partial charge in [0.2, 0.25) is 4.88 Å². The molecule has 1 aromatic carbocycles. The number of carbonyl (C=O) groups is 1. The fraction of sp³-hybridized carbons (Fsp3) is 0.167. The van der Waals surface area contributed by atoms with Crippen LogP contribution in [0.15, 0.2) is 24.3 Å². The zero-order chi connectivity index (χ0) is 15.1. The summed E-state index contributed by atoms with van der Waals surface area (Å²) in [7, 11) is -1.40. The number of hydrogen-bond donors (Lipinski definition) is 1. The molecule has 0 spiro atoms. The first kappa shape index (κ1) is 14.5. The minimum atomic E-state index is -4.48. The van der Waals surface area contributed by atoms with Gasteiger partial charge in [0.1, 0.15) is 11.7 Å². The van der Waals surface area contributed by atoms with Crippen molar-refractivity contribution in [3.8, 4) is 11.3 Å². The van der Waals surface area contributed by atoms with Crippen LogP contribution in [0.3, 0.4) is 0 Å². The molecule has 1 atom stereocenters. The molecule has 0 aliphatic rings. The van der Waals surface area contributed by atoms with E-state index in [1.54, 1.807) is 0 Å². The third-order valence-electron chi connectivity index (χ3n) is 2.74. The van der Waals surface area contributed by atoms with Crippen LogP contribution in [-0.4, -0.2) is 10.3 Å². The van der Waals surface area contributed by atoms with Gasteiger partial charge < -0.3 is 9.90 Å². The number of carboxylic acid groups (broad SMARTS) is 1. The lowest BCUT2D eigenvalue weighted by Crippen LogP contribution is -2.23. The zero-order valence-electron chi connectivity index (χ0n) is 10.2. The second-order valence-corrected chi connectivity index (χ2v) is 5.29. The normalized spacial score (nSPS) is 12.6. The summed E-state index contributed by atoms with van der Waals surface area (Å²) in [6.07, 6.45) is -4.48. The molecule has 0 fully saturated rings. The highest BCUT2D eigenvalue weighted by molar-refractivity contribution is 7.28. The number of aromatic carboxylic acids is 1. The van der Waals surface area contributed by atoms with E-state index < -0.39 is 28.6 Å². The van der Waals surface area contributed by atoms with Gasteiger partial charge in [0.15, 0.2) is 10.9 Å². The van der Waals surface area contributed by atoms with Crippen molar-refractivity contribution < 1.29 is 23.1 Å². The molecular weight excluding hydrogens is 293 g/mol. The second-order valence-electron chi connectivity index (χ2n) is 4.07. The van der Waals surface area contributed by atoms with Crippen LogP contribution < -0.4 is 10.2 Å². The minimum Gasteiger partial charge on any atom is -0.540 e. The molecule has 8 heteroatoms. The van der Waals surface area contributed by atoms with E-state index in [2.05, 4.69) is 4.37 Å². The van der Waals surface area contributed by atoms with Crippen molar-refractivity contribution in [3.63, 3.8) is 0 Å². The Kier molecular flexibility index (Phi) is 3.53. The Labute approximate surface area is 114 Å². The number of nitrogens with two attached hydrogens (primary N) is 1. The first-order valence-electron chi connectivity index (χ1n) is 5.39. The first-order valence-corrected chi connectivity index (χ1v) is 6.64. The van der Waals surface area contributed by atoms with Crippen molar-refractivity contribution in [2.75, 3.05) is 5.14 Å². The number of rotatable bonds is 2. The smallest absolute Gasteiger partial charge is 0.416 e. The number of hydrogen-bond acceptors (Lipinski definition) is 4. The van der Waals surface area contributed by atoms with Crippen LogP contribution >= 0.6 is 10.9 Å². The lowest BCUT2D eigenvalue weighted by molar-refractivity contribution is -0.254. The number of benzene rings is 1.